The average molecular weight is 503 g/mol. The van der Waals surface area contributed by atoms with E-state index in [1.54, 1.807) is 6.92 Å². The number of carbonyl (C=O) groups is 1. The molecule has 0 bridgehead atoms. The summed E-state index contributed by atoms with van der Waals surface area (Å²) >= 11 is 0. The molecule has 0 aliphatic carbocycles. The predicted molar refractivity (Wildman–Crippen MR) is 139 cm³/mol. The van der Waals surface area contributed by atoms with Gasteiger partial charge in [-0.25, -0.2) is 9.36 Å². The van der Waals surface area contributed by atoms with E-state index in [0.29, 0.717) is 18.8 Å². The number of ether oxygens (including phenoxy) is 1. The summed E-state index contributed by atoms with van der Waals surface area (Å²) in [6.07, 6.45) is 8.22. The normalized spacial score (nSPS) is 11.3. The summed E-state index contributed by atoms with van der Waals surface area (Å²) in [7, 11) is -3.68. The number of rotatable bonds is 19. The van der Waals surface area contributed by atoms with Gasteiger partial charge in [-0.1, -0.05) is 106 Å². The lowest BCUT2D eigenvalue weighted by Crippen LogP contribution is -2.05. The molecule has 0 amide bonds. The molecule has 0 radical (unpaired) electrons. The van der Waals surface area contributed by atoms with Gasteiger partial charge in [-0.3, -0.25) is 13.6 Å². The molecule has 0 aromatic heterocycles. The highest BCUT2D eigenvalue weighted by molar-refractivity contribution is 7.48. The Bertz CT molecular complexity index is 853. The van der Waals surface area contributed by atoms with Crippen LogP contribution in [0.1, 0.15) is 69.4 Å². The third kappa shape index (κ3) is 13.4. The van der Waals surface area contributed by atoms with Gasteiger partial charge in [-0.05, 0) is 30.9 Å². The van der Waals surface area contributed by atoms with Gasteiger partial charge >= 0.3 is 13.8 Å². The molecular weight excluding hydrogens is 463 g/mol. The van der Waals surface area contributed by atoms with E-state index < -0.39 is 7.82 Å². The zero-order valence-corrected chi connectivity index (χ0v) is 21.8. The largest absolute Gasteiger partial charge is 0.475 e. The molecule has 2 rings (SSSR count). The number of carbonyl (C=O) groups excluding carboxylic acids is 1. The third-order valence-corrected chi connectivity index (χ3v) is 6.72. The Hall–Kier alpha value is -2.24. The van der Waals surface area contributed by atoms with Crippen LogP contribution < -0.4 is 0 Å². The molecule has 0 saturated heterocycles. The van der Waals surface area contributed by atoms with Crippen LogP contribution in [-0.4, -0.2) is 19.2 Å². The summed E-state index contributed by atoms with van der Waals surface area (Å²) in [6, 6.07) is 19.1. The molecular formula is C28H39O6P. The fraction of sp³-hybridized carbons (Fsp3) is 0.464. The Morgan fingerprint density at radius 2 is 1.11 bits per heavy atom. The molecule has 2 aromatic rings. The number of unbranched alkanes of at least 4 members (excludes halogenated alkanes) is 7. The number of hydrogen-bond acceptors (Lipinski definition) is 6. The van der Waals surface area contributed by atoms with Gasteiger partial charge in [0.25, 0.3) is 0 Å². The van der Waals surface area contributed by atoms with Crippen molar-refractivity contribution >= 4 is 13.8 Å². The van der Waals surface area contributed by atoms with Crippen molar-refractivity contribution in [2.45, 2.75) is 71.5 Å². The average Bonchev–Trinajstić information content (AvgIpc) is 2.88. The molecule has 35 heavy (non-hydrogen) atoms. The number of phosphoric acid groups is 1. The van der Waals surface area contributed by atoms with E-state index in [-0.39, 0.29) is 19.2 Å². The number of phosphoric ester groups is 1. The van der Waals surface area contributed by atoms with E-state index in [1.807, 2.05) is 60.7 Å². The zero-order chi connectivity index (χ0) is 25.2. The minimum absolute atomic E-state index is 0.166. The maximum atomic E-state index is 13.2. The smallest absolute Gasteiger partial charge is 0.462 e. The number of esters is 1. The molecule has 0 aliphatic heterocycles. The van der Waals surface area contributed by atoms with Crippen LogP contribution in [0, 0.1) is 0 Å². The molecule has 7 heteroatoms. The first-order valence-electron chi connectivity index (χ1n) is 12.4. The van der Waals surface area contributed by atoms with Gasteiger partial charge in [0.2, 0.25) is 0 Å². The van der Waals surface area contributed by atoms with Crippen molar-refractivity contribution in [3.05, 3.63) is 83.9 Å². The van der Waals surface area contributed by atoms with Gasteiger partial charge in [0.15, 0.2) is 0 Å². The Balaban J connectivity index is 1.60. The lowest BCUT2D eigenvalue weighted by molar-refractivity contribution is -0.139. The van der Waals surface area contributed by atoms with Crippen LogP contribution in [0.3, 0.4) is 0 Å². The van der Waals surface area contributed by atoms with Crippen molar-refractivity contribution in [3.8, 4) is 0 Å². The number of benzene rings is 2. The van der Waals surface area contributed by atoms with Crippen molar-refractivity contribution in [2.75, 3.05) is 13.2 Å². The SMILES string of the molecule is C=C(C)C(=O)OCCCCCCCCCCOP(=O)(OCc1ccccc1)OCc1ccccc1. The standard InChI is InChI=1S/C28H39O6P/c1-25(2)28(29)31-21-15-7-5-3-4-6-8-16-22-32-35(30,33-23-26-17-11-9-12-18-26)34-24-27-19-13-10-14-20-27/h9-14,17-20H,1,3-8,15-16,21-24H2,2H3. The van der Waals surface area contributed by atoms with Crippen LogP contribution in [0.5, 0.6) is 0 Å². The van der Waals surface area contributed by atoms with Crippen molar-refractivity contribution in [3.63, 3.8) is 0 Å². The highest BCUT2D eigenvalue weighted by atomic mass is 31.2. The lowest BCUT2D eigenvalue weighted by atomic mass is 10.1. The predicted octanol–water partition coefficient (Wildman–Crippen LogP) is 7.78. The first kappa shape index (κ1) is 29.0. The molecule has 192 valence electrons. The van der Waals surface area contributed by atoms with Crippen LogP contribution in [0.15, 0.2) is 72.8 Å². The highest BCUT2D eigenvalue weighted by Gasteiger charge is 2.26. The van der Waals surface area contributed by atoms with E-state index in [9.17, 15) is 9.36 Å². The first-order valence-corrected chi connectivity index (χ1v) is 13.9. The van der Waals surface area contributed by atoms with Crippen molar-refractivity contribution in [1.29, 1.82) is 0 Å². The quantitative estimate of drug-likeness (QED) is 0.0845. The molecule has 2 aromatic carbocycles. The maximum Gasteiger partial charge on any atom is 0.475 e. The molecule has 0 unspecified atom stereocenters. The van der Waals surface area contributed by atoms with E-state index in [4.69, 9.17) is 18.3 Å². The van der Waals surface area contributed by atoms with Crippen LogP contribution >= 0.6 is 7.82 Å². The first-order chi connectivity index (χ1) is 17.0. The van der Waals surface area contributed by atoms with Crippen molar-refractivity contribution in [1.82, 2.24) is 0 Å². The second-order valence-corrected chi connectivity index (χ2v) is 10.2. The van der Waals surface area contributed by atoms with E-state index in [0.717, 1.165) is 62.5 Å². The summed E-state index contributed by atoms with van der Waals surface area (Å²) in [5.41, 5.74) is 2.26. The molecule has 0 N–H and O–H groups in total. The van der Waals surface area contributed by atoms with Gasteiger partial charge in [0.05, 0.1) is 26.4 Å². The van der Waals surface area contributed by atoms with Gasteiger partial charge < -0.3 is 4.74 Å². The highest BCUT2D eigenvalue weighted by Crippen LogP contribution is 2.51. The Morgan fingerprint density at radius 1 is 0.686 bits per heavy atom. The second kappa shape index (κ2) is 17.2. The fourth-order valence-electron chi connectivity index (χ4n) is 3.30. The van der Waals surface area contributed by atoms with Crippen LogP contribution in [0.2, 0.25) is 0 Å². The van der Waals surface area contributed by atoms with Gasteiger partial charge in [0.1, 0.15) is 0 Å². The summed E-state index contributed by atoms with van der Waals surface area (Å²) < 4.78 is 35.2. The minimum Gasteiger partial charge on any atom is -0.462 e. The lowest BCUT2D eigenvalue weighted by Gasteiger charge is -2.18. The third-order valence-electron chi connectivity index (χ3n) is 5.33. The Labute approximate surface area is 210 Å². The van der Waals surface area contributed by atoms with E-state index in [1.165, 1.54) is 0 Å². The summed E-state index contributed by atoms with van der Waals surface area (Å²) in [6.45, 7) is 6.34. The van der Waals surface area contributed by atoms with Crippen LogP contribution in [0.25, 0.3) is 0 Å². The molecule has 0 aliphatic rings. The van der Waals surface area contributed by atoms with Gasteiger partial charge in [0, 0.05) is 5.57 Å². The second-order valence-electron chi connectivity index (χ2n) is 8.54. The number of hydrogen-bond donors (Lipinski definition) is 0. The van der Waals surface area contributed by atoms with Gasteiger partial charge in [-0.2, -0.15) is 0 Å². The molecule has 0 heterocycles. The molecule has 0 atom stereocenters. The fourth-order valence-corrected chi connectivity index (χ4v) is 4.49. The Morgan fingerprint density at radius 3 is 1.57 bits per heavy atom. The van der Waals surface area contributed by atoms with E-state index >= 15 is 0 Å². The van der Waals surface area contributed by atoms with Crippen molar-refractivity contribution < 1.29 is 27.7 Å². The molecule has 0 spiro atoms. The Kier molecular flexibility index (Phi) is 14.3. The summed E-state index contributed by atoms with van der Waals surface area (Å²) in [5.74, 6) is -0.312. The monoisotopic (exact) mass is 502 g/mol. The summed E-state index contributed by atoms with van der Waals surface area (Å²) in [4.78, 5) is 11.3. The zero-order valence-electron chi connectivity index (χ0n) is 20.9. The molecule has 6 nitrogen and oxygen atoms in total. The van der Waals surface area contributed by atoms with E-state index in [2.05, 4.69) is 6.58 Å². The molecule has 0 saturated carbocycles. The van der Waals surface area contributed by atoms with Gasteiger partial charge in [-0.15, -0.1) is 0 Å². The minimum atomic E-state index is -3.68. The maximum absolute atomic E-state index is 13.2. The summed E-state index contributed by atoms with van der Waals surface area (Å²) in [5, 5.41) is 0. The van der Waals surface area contributed by atoms with Crippen molar-refractivity contribution in [2.24, 2.45) is 0 Å². The topological polar surface area (TPSA) is 71.1 Å². The van der Waals surface area contributed by atoms with Crippen LogP contribution in [-0.2, 0) is 40.9 Å². The van der Waals surface area contributed by atoms with Crippen LogP contribution in [0.4, 0.5) is 0 Å². The molecule has 0 fully saturated rings.